The summed E-state index contributed by atoms with van der Waals surface area (Å²) in [5.74, 6) is 1.11. The fraction of sp³-hybridized carbons (Fsp3) is 0.438. The van der Waals surface area contributed by atoms with Gasteiger partial charge in [0.2, 0.25) is 0 Å². The normalized spacial score (nSPS) is 14.8. The number of aryl methyl sites for hydroxylation is 1. The minimum Gasteiger partial charge on any atom is -0.379 e. The van der Waals surface area contributed by atoms with Crippen molar-refractivity contribution in [3.8, 4) is 0 Å². The average Bonchev–Trinajstić information content (AvgIpc) is 3.17. The van der Waals surface area contributed by atoms with Crippen molar-refractivity contribution in [2.24, 2.45) is 0 Å². The molecule has 1 N–H and O–H groups in total. The first-order chi connectivity index (χ1) is 9.85. The first-order valence-electron chi connectivity index (χ1n) is 7.37. The zero-order chi connectivity index (χ0) is 13.8. The van der Waals surface area contributed by atoms with Gasteiger partial charge in [-0.05, 0) is 43.5 Å². The van der Waals surface area contributed by atoms with E-state index in [0.717, 1.165) is 37.6 Å². The second kappa shape index (κ2) is 6.27. The Kier molecular flexibility index (Phi) is 4.21. The van der Waals surface area contributed by atoms with Gasteiger partial charge in [-0.15, -0.1) is 11.3 Å². The van der Waals surface area contributed by atoms with E-state index in [1.807, 2.05) is 17.5 Å². The molecular weight excluding hydrogens is 266 g/mol. The molecule has 0 radical (unpaired) electrons. The molecule has 4 heteroatoms. The molecule has 0 spiro atoms. The number of anilines is 2. The maximum atomic E-state index is 4.56. The highest BCUT2D eigenvalue weighted by Gasteiger charge is 2.12. The van der Waals surface area contributed by atoms with E-state index in [9.17, 15) is 0 Å². The zero-order valence-corrected chi connectivity index (χ0v) is 12.7. The van der Waals surface area contributed by atoms with Crippen molar-refractivity contribution in [2.75, 3.05) is 23.3 Å². The van der Waals surface area contributed by atoms with Gasteiger partial charge < -0.3 is 10.2 Å². The Bertz CT molecular complexity index is 541. The number of rotatable bonds is 5. The molecule has 20 heavy (non-hydrogen) atoms. The lowest BCUT2D eigenvalue weighted by Gasteiger charge is -2.16. The van der Waals surface area contributed by atoms with Gasteiger partial charge in [0.1, 0.15) is 5.82 Å². The zero-order valence-electron chi connectivity index (χ0n) is 11.9. The Morgan fingerprint density at radius 1 is 1.15 bits per heavy atom. The highest BCUT2D eigenvalue weighted by molar-refractivity contribution is 7.12. The second-order valence-electron chi connectivity index (χ2n) is 5.17. The van der Waals surface area contributed by atoms with Crippen LogP contribution in [0.4, 0.5) is 11.5 Å². The van der Waals surface area contributed by atoms with Crippen LogP contribution in [0.15, 0.2) is 30.5 Å². The van der Waals surface area contributed by atoms with E-state index in [0.29, 0.717) is 0 Å². The predicted molar refractivity (Wildman–Crippen MR) is 86.7 cm³/mol. The van der Waals surface area contributed by atoms with Crippen molar-refractivity contribution < 1.29 is 0 Å². The average molecular weight is 287 g/mol. The Morgan fingerprint density at radius 2 is 1.95 bits per heavy atom. The third kappa shape index (κ3) is 3.12. The van der Waals surface area contributed by atoms with Gasteiger partial charge in [0, 0.05) is 29.4 Å². The van der Waals surface area contributed by atoms with E-state index in [-0.39, 0.29) is 0 Å². The third-order valence-electron chi connectivity index (χ3n) is 3.71. The number of hydrogen-bond donors (Lipinski definition) is 1. The molecule has 0 unspecified atom stereocenters. The van der Waals surface area contributed by atoms with Crippen LogP contribution < -0.4 is 10.2 Å². The molecule has 0 aromatic carbocycles. The van der Waals surface area contributed by atoms with Crippen LogP contribution in [0.25, 0.3) is 0 Å². The Labute approximate surface area is 124 Å². The van der Waals surface area contributed by atoms with E-state index >= 15 is 0 Å². The molecular formula is C16H21N3S. The van der Waals surface area contributed by atoms with E-state index in [1.54, 1.807) is 0 Å². The number of aromatic nitrogens is 1. The summed E-state index contributed by atoms with van der Waals surface area (Å²) in [5.41, 5.74) is 1.10. The van der Waals surface area contributed by atoms with Crippen molar-refractivity contribution in [1.29, 1.82) is 0 Å². The number of nitrogens with one attached hydrogen (secondary N) is 1. The van der Waals surface area contributed by atoms with Crippen LogP contribution in [0.1, 0.15) is 29.5 Å². The van der Waals surface area contributed by atoms with E-state index in [1.165, 1.54) is 22.6 Å². The highest BCUT2D eigenvalue weighted by Crippen LogP contribution is 2.21. The number of pyridine rings is 1. The molecule has 0 amide bonds. The van der Waals surface area contributed by atoms with Crippen LogP contribution in [-0.4, -0.2) is 18.1 Å². The summed E-state index contributed by atoms with van der Waals surface area (Å²) in [6.07, 6.45) is 5.65. The number of hydrogen-bond acceptors (Lipinski definition) is 4. The molecule has 0 aliphatic carbocycles. The minimum atomic E-state index is 0.884. The molecule has 3 rings (SSSR count). The maximum Gasteiger partial charge on any atom is 0.128 e. The van der Waals surface area contributed by atoms with Gasteiger partial charge in [-0.3, -0.25) is 0 Å². The van der Waals surface area contributed by atoms with Gasteiger partial charge in [0.25, 0.3) is 0 Å². The molecule has 0 bridgehead atoms. The number of thiophene rings is 1. The molecule has 0 atom stereocenters. The Balaban J connectivity index is 1.57. The van der Waals surface area contributed by atoms with Crippen molar-refractivity contribution >= 4 is 22.8 Å². The van der Waals surface area contributed by atoms with Crippen molar-refractivity contribution in [2.45, 2.75) is 32.7 Å². The summed E-state index contributed by atoms with van der Waals surface area (Å²) in [6.45, 7) is 5.38. The van der Waals surface area contributed by atoms with Crippen LogP contribution >= 0.6 is 11.3 Å². The first kappa shape index (κ1) is 13.4. The van der Waals surface area contributed by atoms with Gasteiger partial charge in [-0.25, -0.2) is 4.98 Å². The van der Waals surface area contributed by atoms with Gasteiger partial charge in [-0.2, -0.15) is 0 Å². The molecule has 0 saturated carbocycles. The maximum absolute atomic E-state index is 4.56. The smallest absolute Gasteiger partial charge is 0.128 e. The van der Waals surface area contributed by atoms with E-state index in [2.05, 4.69) is 46.4 Å². The molecule has 106 valence electrons. The quantitative estimate of drug-likeness (QED) is 0.903. The van der Waals surface area contributed by atoms with Gasteiger partial charge in [-0.1, -0.05) is 6.92 Å². The lowest BCUT2D eigenvalue weighted by atomic mass is 10.3. The monoisotopic (exact) mass is 287 g/mol. The topological polar surface area (TPSA) is 28.2 Å². The van der Waals surface area contributed by atoms with Crippen LogP contribution in [0.2, 0.25) is 0 Å². The summed E-state index contributed by atoms with van der Waals surface area (Å²) < 4.78 is 0. The van der Waals surface area contributed by atoms with E-state index in [4.69, 9.17) is 0 Å². The number of nitrogens with zero attached hydrogens (tertiary/aromatic N) is 2. The summed E-state index contributed by atoms with van der Waals surface area (Å²) in [5, 5.41) is 3.45. The summed E-state index contributed by atoms with van der Waals surface area (Å²) in [4.78, 5) is 9.75. The first-order valence-corrected chi connectivity index (χ1v) is 8.19. The molecule has 1 aliphatic rings. The second-order valence-corrected chi connectivity index (χ2v) is 6.43. The summed E-state index contributed by atoms with van der Waals surface area (Å²) in [6, 6.07) is 8.69. The highest BCUT2D eigenvalue weighted by atomic mass is 32.1. The van der Waals surface area contributed by atoms with Crippen molar-refractivity contribution in [3.63, 3.8) is 0 Å². The molecule has 3 heterocycles. The predicted octanol–water partition coefficient (Wildman–Crippen LogP) is 3.92. The molecule has 2 aromatic heterocycles. The fourth-order valence-electron chi connectivity index (χ4n) is 2.52. The molecule has 1 fully saturated rings. The minimum absolute atomic E-state index is 0.884. The molecule has 1 aliphatic heterocycles. The van der Waals surface area contributed by atoms with E-state index < -0.39 is 0 Å². The lowest BCUT2D eigenvalue weighted by Crippen LogP contribution is -2.18. The van der Waals surface area contributed by atoms with Gasteiger partial charge >= 0.3 is 0 Å². The van der Waals surface area contributed by atoms with Gasteiger partial charge in [0.05, 0.1) is 11.9 Å². The van der Waals surface area contributed by atoms with Crippen LogP contribution in [0.3, 0.4) is 0 Å². The van der Waals surface area contributed by atoms with Crippen molar-refractivity contribution in [1.82, 2.24) is 4.98 Å². The van der Waals surface area contributed by atoms with Crippen LogP contribution in [-0.2, 0) is 13.0 Å². The molecule has 1 saturated heterocycles. The summed E-state index contributed by atoms with van der Waals surface area (Å²) >= 11 is 1.88. The Hall–Kier alpha value is -1.55. The lowest BCUT2D eigenvalue weighted by molar-refractivity contribution is 0.937. The third-order valence-corrected chi connectivity index (χ3v) is 4.94. The fourth-order valence-corrected chi connectivity index (χ4v) is 3.42. The largest absolute Gasteiger partial charge is 0.379 e. The standard InChI is InChI=1S/C16H21N3S/c1-2-14-6-7-15(20-14)12-17-13-5-8-16(18-11-13)19-9-3-4-10-19/h5-8,11,17H,2-4,9-10,12H2,1H3. The molecule has 2 aromatic rings. The van der Waals surface area contributed by atoms with Gasteiger partial charge in [0.15, 0.2) is 0 Å². The van der Waals surface area contributed by atoms with Crippen LogP contribution in [0.5, 0.6) is 0 Å². The summed E-state index contributed by atoms with van der Waals surface area (Å²) in [7, 11) is 0. The SMILES string of the molecule is CCc1ccc(CNc2ccc(N3CCCC3)nc2)s1. The van der Waals surface area contributed by atoms with Crippen LogP contribution in [0, 0.1) is 0 Å². The van der Waals surface area contributed by atoms with Crippen molar-refractivity contribution in [3.05, 3.63) is 40.2 Å². The Morgan fingerprint density at radius 3 is 2.60 bits per heavy atom. The molecule has 3 nitrogen and oxygen atoms in total.